The molecule has 3 heterocycles. The van der Waals surface area contributed by atoms with Crippen molar-refractivity contribution in [2.24, 2.45) is 4.99 Å². The molecule has 0 saturated heterocycles. The fourth-order valence-electron chi connectivity index (χ4n) is 2.54. The van der Waals surface area contributed by atoms with Crippen LogP contribution in [-0.4, -0.2) is 16.2 Å². The normalized spacial score (nSPS) is 14.4. The third-order valence-corrected chi connectivity index (χ3v) is 4.76. The highest BCUT2D eigenvalue weighted by atomic mass is 32.1. The summed E-state index contributed by atoms with van der Waals surface area (Å²) in [4.78, 5) is 23.8. The first-order valence-corrected chi connectivity index (χ1v) is 8.20. The van der Waals surface area contributed by atoms with Gasteiger partial charge in [-0.25, -0.2) is 9.38 Å². The van der Waals surface area contributed by atoms with Gasteiger partial charge >= 0.3 is 0 Å². The number of pyridine rings is 1. The molecule has 120 valence electrons. The maximum atomic E-state index is 13.4. The lowest BCUT2D eigenvalue weighted by atomic mass is 10.3. The number of anilines is 1. The Hall–Kier alpha value is -2.80. The summed E-state index contributed by atoms with van der Waals surface area (Å²) in [5, 5.41) is 0. The van der Waals surface area contributed by atoms with Crippen molar-refractivity contribution in [1.82, 2.24) is 9.55 Å². The zero-order valence-electron chi connectivity index (χ0n) is 12.6. The Balaban J connectivity index is 1.73. The number of thiazole rings is 1. The predicted octanol–water partition coefficient (Wildman–Crippen LogP) is 1.33. The number of rotatable bonds is 2. The molecule has 0 unspecified atom stereocenters. The Labute approximate surface area is 140 Å². The highest BCUT2D eigenvalue weighted by molar-refractivity contribution is 7.07. The summed E-state index contributed by atoms with van der Waals surface area (Å²) >= 11 is 1.34. The Bertz CT molecular complexity index is 1060. The maximum absolute atomic E-state index is 13.4. The summed E-state index contributed by atoms with van der Waals surface area (Å²) < 4.78 is 15.6. The zero-order valence-corrected chi connectivity index (χ0v) is 13.4. The van der Waals surface area contributed by atoms with Crippen LogP contribution in [0.3, 0.4) is 0 Å². The van der Waals surface area contributed by atoms with Gasteiger partial charge in [0, 0.05) is 11.9 Å². The summed E-state index contributed by atoms with van der Waals surface area (Å²) in [7, 11) is 0. The average molecular weight is 340 g/mol. The van der Waals surface area contributed by atoms with Gasteiger partial charge in [0.2, 0.25) is 0 Å². The van der Waals surface area contributed by atoms with Crippen molar-refractivity contribution >= 4 is 23.1 Å². The smallest absolute Gasteiger partial charge is 0.271 e. The van der Waals surface area contributed by atoms with Gasteiger partial charge in [0.1, 0.15) is 19.2 Å². The van der Waals surface area contributed by atoms with Crippen molar-refractivity contribution in [2.75, 3.05) is 11.6 Å². The standard InChI is InChI=1S/C17H13FN4OS/c18-12-4-3-6-14(8-12)21-10-20-17-22(11-21)16(23)15(24-17)9-13-5-1-2-7-19-13/h1-9H,10-11H2/b15-9+. The van der Waals surface area contributed by atoms with Crippen LogP contribution in [0.25, 0.3) is 6.08 Å². The predicted molar refractivity (Wildman–Crippen MR) is 90.9 cm³/mol. The van der Waals surface area contributed by atoms with Gasteiger partial charge < -0.3 is 4.90 Å². The number of fused-ring (bicyclic) bond motifs is 1. The Morgan fingerprint density at radius 2 is 2.12 bits per heavy atom. The van der Waals surface area contributed by atoms with E-state index in [1.807, 2.05) is 29.2 Å². The van der Waals surface area contributed by atoms with Gasteiger partial charge in [0.15, 0.2) is 4.80 Å². The van der Waals surface area contributed by atoms with Crippen molar-refractivity contribution in [2.45, 2.75) is 6.67 Å². The lowest BCUT2D eigenvalue weighted by Crippen LogP contribution is -2.42. The van der Waals surface area contributed by atoms with E-state index in [0.717, 1.165) is 5.69 Å². The molecular formula is C17H13FN4OS. The molecule has 0 fully saturated rings. The molecule has 0 spiro atoms. The fourth-order valence-corrected chi connectivity index (χ4v) is 3.49. The van der Waals surface area contributed by atoms with E-state index in [4.69, 9.17) is 0 Å². The van der Waals surface area contributed by atoms with Crippen LogP contribution in [0.1, 0.15) is 5.69 Å². The SMILES string of the molecule is O=c1/c(=C\c2ccccn2)sc2n1CN(c1cccc(F)c1)CN=2. The molecule has 5 nitrogen and oxygen atoms in total. The van der Waals surface area contributed by atoms with E-state index in [0.29, 0.717) is 28.4 Å². The second-order valence-corrected chi connectivity index (χ2v) is 6.35. The third kappa shape index (κ3) is 2.74. The molecule has 1 aromatic carbocycles. The molecule has 3 aromatic rings. The molecule has 0 saturated carbocycles. The van der Waals surface area contributed by atoms with Crippen molar-refractivity contribution in [3.8, 4) is 0 Å². The second kappa shape index (κ2) is 6.01. The van der Waals surface area contributed by atoms with Gasteiger partial charge in [0.05, 0.1) is 10.2 Å². The molecule has 2 aromatic heterocycles. The summed E-state index contributed by atoms with van der Waals surface area (Å²) in [6.07, 6.45) is 3.45. The largest absolute Gasteiger partial charge is 0.333 e. The van der Waals surface area contributed by atoms with Gasteiger partial charge in [-0.3, -0.25) is 14.3 Å². The van der Waals surface area contributed by atoms with Gasteiger partial charge in [-0.05, 0) is 36.4 Å². The number of hydrogen-bond acceptors (Lipinski definition) is 5. The molecule has 0 N–H and O–H groups in total. The molecule has 0 amide bonds. The molecule has 0 atom stereocenters. The van der Waals surface area contributed by atoms with Gasteiger partial charge in [-0.2, -0.15) is 0 Å². The van der Waals surface area contributed by atoms with Crippen molar-refractivity contribution in [3.63, 3.8) is 0 Å². The molecule has 24 heavy (non-hydrogen) atoms. The molecule has 1 aliphatic rings. The maximum Gasteiger partial charge on any atom is 0.271 e. The first kappa shape index (κ1) is 14.8. The molecule has 4 rings (SSSR count). The van der Waals surface area contributed by atoms with Crippen molar-refractivity contribution in [3.05, 3.63) is 79.9 Å². The molecule has 0 radical (unpaired) electrons. The number of nitrogens with zero attached hydrogens (tertiary/aromatic N) is 4. The highest BCUT2D eigenvalue weighted by Crippen LogP contribution is 2.16. The molecular weight excluding hydrogens is 327 g/mol. The minimum Gasteiger partial charge on any atom is -0.333 e. The van der Waals surface area contributed by atoms with Gasteiger partial charge in [-0.15, -0.1) is 0 Å². The Morgan fingerprint density at radius 3 is 2.92 bits per heavy atom. The lowest BCUT2D eigenvalue weighted by Gasteiger charge is -2.25. The van der Waals surface area contributed by atoms with Crippen LogP contribution in [-0.2, 0) is 6.67 Å². The van der Waals surface area contributed by atoms with E-state index in [1.165, 1.54) is 23.5 Å². The first-order valence-electron chi connectivity index (χ1n) is 7.38. The summed E-state index contributed by atoms with van der Waals surface area (Å²) in [6.45, 7) is 0.750. The van der Waals surface area contributed by atoms with E-state index >= 15 is 0 Å². The number of benzene rings is 1. The molecule has 1 aliphatic heterocycles. The van der Waals surface area contributed by atoms with Crippen molar-refractivity contribution in [1.29, 1.82) is 0 Å². The van der Waals surface area contributed by atoms with Crippen LogP contribution < -0.4 is 19.8 Å². The van der Waals surface area contributed by atoms with Crippen LogP contribution in [0.2, 0.25) is 0 Å². The van der Waals surface area contributed by atoms with E-state index < -0.39 is 0 Å². The fraction of sp³-hybridized carbons (Fsp3) is 0.118. The lowest BCUT2D eigenvalue weighted by molar-refractivity contribution is 0.565. The quantitative estimate of drug-likeness (QED) is 0.707. The van der Waals surface area contributed by atoms with E-state index in [2.05, 4.69) is 9.98 Å². The van der Waals surface area contributed by atoms with E-state index in [9.17, 15) is 9.18 Å². The molecule has 7 heteroatoms. The van der Waals surface area contributed by atoms with Crippen LogP contribution in [0, 0.1) is 5.82 Å². The third-order valence-electron chi connectivity index (χ3n) is 3.72. The number of aromatic nitrogens is 2. The monoisotopic (exact) mass is 340 g/mol. The Morgan fingerprint density at radius 1 is 1.21 bits per heavy atom. The van der Waals surface area contributed by atoms with Gasteiger partial charge in [0.25, 0.3) is 5.56 Å². The van der Waals surface area contributed by atoms with Crippen LogP contribution in [0.15, 0.2) is 58.4 Å². The average Bonchev–Trinajstić information content (AvgIpc) is 2.91. The molecule has 0 bridgehead atoms. The molecule has 0 aliphatic carbocycles. The summed E-state index contributed by atoms with van der Waals surface area (Å²) in [5.41, 5.74) is 1.33. The van der Waals surface area contributed by atoms with Crippen LogP contribution in [0.5, 0.6) is 0 Å². The van der Waals surface area contributed by atoms with Crippen LogP contribution >= 0.6 is 11.3 Å². The topological polar surface area (TPSA) is 50.5 Å². The van der Waals surface area contributed by atoms with Crippen molar-refractivity contribution < 1.29 is 4.39 Å². The van der Waals surface area contributed by atoms with Crippen LogP contribution in [0.4, 0.5) is 10.1 Å². The minimum absolute atomic E-state index is 0.106. The van der Waals surface area contributed by atoms with Gasteiger partial charge in [-0.1, -0.05) is 23.5 Å². The number of hydrogen-bond donors (Lipinski definition) is 0. The van der Waals surface area contributed by atoms with E-state index in [-0.39, 0.29) is 11.4 Å². The number of halogens is 1. The Kier molecular flexibility index (Phi) is 3.70. The highest BCUT2D eigenvalue weighted by Gasteiger charge is 2.16. The summed E-state index contributed by atoms with van der Waals surface area (Å²) in [5.74, 6) is -0.305. The second-order valence-electron chi connectivity index (χ2n) is 5.34. The summed E-state index contributed by atoms with van der Waals surface area (Å²) in [6, 6.07) is 11.8. The van der Waals surface area contributed by atoms with E-state index in [1.54, 1.807) is 22.9 Å². The first-order chi connectivity index (χ1) is 11.7. The minimum atomic E-state index is -0.305. The zero-order chi connectivity index (χ0) is 16.5.